The molecule has 0 saturated heterocycles. The van der Waals surface area contributed by atoms with Crippen molar-refractivity contribution in [2.45, 2.75) is 49.2 Å². The van der Waals surface area contributed by atoms with Crippen molar-refractivity contribution in [1.29, 1.82) is 0 Å². The van der Waals surface area contributed by atoms with Crippen LogP contribution in [0.15, 0.2) is 29.4 Å². The summed E-state index contributed by atoms with van der Waals surface area (Å²) in [7, 11) is 0. The first kappa shape index (κ1) is 15.1. The molecule has 3 aromatic rings. The maximum Gasteiger partial charge on any atom is 0.191 e. The lowest BCUT2D eigenvalue weighted by molar-refractivity contribution is 0.263. The quantitative estimate of drug-likeness (QED) is 0.693. The van der Waals surface area contributed by atoms with Gasteiger partial charge >= 0.3 is 0 Å². The van der Waals surface area contributed by atoms with Crippen molar-refractivity contribution in [3.8, 4) is 0 Å². The molecule has 5 nitrogen and oxygen atoms in total. The van der Waals surface area contributed by atoms with Gasteiger partial charge in [0.15, 0.2) is 11.0 Å². The van der Waals surface area contributed by atoms with E-state index in [-0.39, 0.29) is 6.61 Å². The predicted molar refractivity (Wildman–Crippen MR) is 92.9 cm³/mol. The van der Waals surface area contributed by atoms with Crippen molar-refractivity contribution in [1.82, 2.24) is 19.7 Å². The first-order valence-corrected chi connectivity index (χ1v) is 9.50. The Morgan fingerprint density at radius 2 is 2.17 bits per heavy atom. The number of benzene rings is 1. The third-order valence-corrected chi connectivity index (χ3v) is 6.01. The Hall–Kier alpha value is -1.44. The summed E-state index contributed by atoms with van der Waals surface area (Å²) in [4.78, 5) is 4.71. The highest BCUT2D eigenvalue weighted by molar-refractivity contribution is 7.99. The zero-order chi connectivity index (χ0) is 15.8. The minimum Gasteiger partial charge on any atom is -0.388 e. The normalized spacial score (nSPS) is 16.1. The Bertz CT molecular complexity index is 791. The fourth-order valence-electron chi connectivity index (χ4n) is 2.67. The highest BCUT2D eigenvalue weighted by atomic mass is 32.2. The second kappa shape index (κ2) is 6.22. The van der Waals surface area contributed by atoms with Gasteiger partial charge in [0, 0.05) is 17.7 Å². The summed E-state index contributed by atoms with van der Waals surface area (Å²) in [6.07, 6.45) is 3.23. The average molecular weight is 346 g/mol. The highest BCUT2D eigenvalue weighted by Gasteiger charge is 2.30. The Morgan fingerprint density at radius 1 is 1.35 bits per heavy atom. The van der Waals surface area contributed by atoms with Gasteiger partial charge in [0.05, 0.1) is 15.2 Å². The smallest absolute Gasteiger partial charge is 0.191 e. The van der Waals surface area contributed by atoms with Crippen LogP contribution in [0.2, 0.25) is 0 Å². The summed E-state index contributed by atoms with van der Waals surface area (Å²) in [5.74, 6) is 0.683. The molecule has 0 aliphatic heterocycles. The van der Waals surface area contributed by atoms with Crippen molar-refractivity contribution >= 4 is 33.3 Å². The number of rotatable bonds is 6. The molecule has 120 valence electrons. The summed E-state index contributed by atoms with van der Waals surface area (Å²) in [5.41, 5.74) is 1.08. The second-order valence-electron chi connectivity index (χ2n) is 5.87. The molecule has 0 spiro atoms. The number of aliphatic hydroxyl groups excluding tert-OH is 1. The van der Waals surface area contributed by atoms with E-state index in [1.807, 2.05) is 6.07 Å². The molecule has 0 radical (unpaired) electrons. The standard InChI is InChI=1S/C16H18N4OS2/c1-10(8-15-17-12-4-2-3-5-13(12)23-15)22-16-19-18-14(9-21)20(16)11-6-7-11/h2-5,10-11,21H,6-9H2,1H3. The number of fused-ring (bicyclic) bond motifs is 1. The van der Waals surface area contributed by atoms with Gasteiger partial charge in [0.2, 0.25) is 0 Å². The molecule has 0 bridgehead atoms. The first-order chi connectivity index (χ1) is 11.2. The van der Waals surface area contributed by atoms with Gasteiger partial charge in [0.1, 0.15) is 6.61 Å². The maximum atomic E-state index is 9.42. The van der Waals surface area contributed by atoms with Crippen LogP contribution in [0.4, 0.5) is 0 Å². The van der Waals surface area contributed by atoms with Gasteiger partial charge in [-0.2, -0.15) is 0 Å². The van der Waals surface area contributed by atoms with E-state index in [2.05, 4.69) is 39.9 Å². The largest absolute Gasteiger partial charge is 0.388 e. The number of aliphatic hydroxyl groups is 1. The van der Waals surface area contributed by atoms with E-state index in [0.29, 0.717) is 17.1 Å². The van der Waals surface area contributed by atoms with E-state index in [1.165, 1.54) is 4.70 Å². The SMILES string of the molecule is CC(Cc1nc2ccccc2s1)Sc1nnc(CO)n1C1CC1. The molecule has 1 aliphatic carbocycles. The van der Waals surface area contributed by atoms with Gasteiger partial charge in [-0.25, -0.2) is 4.98 Å². The molecule has 4 rings (SSSR count). The summed E-state index contributed by atoms with van der Waals surface area (Å²) in [6, 6.07) is 8.73. The van der Waals surface area contributed by atoms with Crippen molar-refractivity contribution in [3.05, 3.63) is 35.1 Å². The van der Waals surface area contributed by atoms with Crippen LogP contribution >= 0.6 is 23.1 Å². The van der Waals surface area contributed by atoms with Crippen LogP contribution in [0.5, 0.6) is 0 Å². The third kappa shape index (κ3) is 3.13. The molecule has 1 aromatic carbocycles. The van der Waals surface area contributed by atoms with Crippen LogP contribution in [0.25, 0.3) is 10.2 Å². The lowest BCUT2D eigenvalue weighted by Gasteiger charge is -2.11. The summed E-state index contributed by atoms with van der Waals surface area (Å²) in [6.45, 7) is 2.15. The van der Waals surface area contributed by atoms with Crippen LogP contribution in [-0.2, 0) is 13.0 Å². The lowest BCUT2D eigenvalue weighted by Crippen LogP contribution is -2.07. The van der Waals surface area contributed by atoms with Crippen LogP contribution in [0.3, 0.4) is 0 Å². The highest BCUT2D eigenvalue weighted by Crippen LogP contribution is 2.39. The third-order valence-electron chi connectivity index (χ3n) is 3.90. The molecular weight excluding hydrogens is 328 g/mol. The summed E-state index contributed by atoms with van der Waals surface area (Å²) < 4.78 is 3.35. The minimum atomic E-state index is -0.0453. The lowest BCUT2D eigenvalue weighted by atomic mass is 10.3. The number of hydrogen-bond donors (Lipinski definition) is 1. The van der Waals surface area contributed by atoms with E-state index < -0.39 is 0 Å². The fourth-order valence-corrected chi connectivity index (χ4v) is 4.93. The van der Waals surface area contributed by atoms with Gasteiger partial charge < -0.3 is 9.67 Å². The number of hydrogen-bond acceptors (Lipinski definition) is 6. The van der Waals surface area contributed by atoms with Crippen molar-refractivity contribution < 1.29 is 5.11 Å². The molecule has 0 amide bonds. The average Bonchev–Trinajstić information content (AvgIpc) is 3.17. The maximum absolute atomic E-state index is 9.42. The number of thioether (sulfide) groups is 1. The van der Waals surface area contributed by atoms with Crippen molar-refractivity contribution in [2.75, 3.05) is 0 Å². The monoisotopic (exact) mass is 346 g/mol. The van der Waals surface area contributed by atoms with E-state index in [0.717, 1.165) is 34.9 Å². The van der Waals surface area contributed by atoms with E-state index in [1.54, 1.807) is 23.1 Å². The zero-order valence-corrected chi connectivity index (χ0v) is 14.5. The molecule has 2 aromatic heterocycles. The van der Waals surface area contributed by atoms with E-state index >= 15 is 0 Å². The number of aromatic nitrogens is 4. The Balaban J connectivity index is 1.49. The number of para-hydroxylation sites is 1. The minimum absolute atomic E-state index is 0.0453. The van der Waals surface area contributed by atoms with Crippen molar-refractivity contribution in [2.24, 2.45) is 0 Å². The van der Waals surface area contributed by atoms with Crippen LogP contribution < -0.4 is 0 Å². The van der Waals surface area contributed by atoms with E-state index in [9.17, 15) is 5.11 Å². The van der Waals surface area contributed by atoms with E-state index in [4.69, 9.17) is 4.98 Å². The Kier molecular flexibility index (Phi) is 4.09. The molecule has 1 aliphatic rings. The van der Waals surface area contributed by atoms with Gasteiger partial charge in [-0.1, -0.05) is 30.8 Å². The molecular formula is C16H18N4OS2. The zero-order valence-electron chi connectivity index (χ0n) is 12.8. The van der Waals surface area contributed by atoms with Gasteiger partial charge in [-0.15, -0.1) is 21.5 Å². The first-order valence-electron chi connectivity index (χ1n) is 7.80. The number of thiazole rings is 1. The molecule has 1 atom stereocenters. The van der Waals surface area contributed by atoms with Gasteiger partial charge in [0.25, 0.3) is 0 Å². The van der Waals surface area contributed by atoms with Crippen molar-refractivity contribution in [3.63, 3.8) is 0 Å². The summed E-state index contributed by atoms with van der Waals surface area (Å²) in [5, 5.41) is 20.3. The molecule has 1 N–H and O–H groups in total. The Morgan fingerprint density at radius 3 is 2.91 bits per heavy atom. The van der Waals surface area contributed by atoms with Gasteiger partial charge in [-0.05, 0) is 25.0 Å². The van der Waals surface area contributed by atoms with Gasteiger partial charge in [-0.3, -0.25) is 0 Å². The Labute approximate surface area is 142 Å². The molecule has 1 unspecified atom stereocenters. The molecule has 1 saturated carbocycles. The predicted octanol–water partition coefficient (Wildman–Crippen LogP) is 3.44. The molecule has 23 heavy (non-hydrogen) atoms. The van der Waals surface area contributed by atoms with Crippen LogP contribution in [-0.4, -0.2) is 30.1 Å². The molecule has 7 heteroatoms. The number of nitrogens with zero attached hydrogens (tertiary/aromatic N) is 4. The molecule has 2 heterocycles. The fraction of sp³-hybridized carbons (Fsp3) is 0.438. The van der Waals surface area contributed by atoms with Crippen LogP contribution in [0, 0.1) is 0 Å². The van der Waals surface area contributed by atoms with Crippen LogP contribution in [0.1, 0.15) is 36.6 Å². The second-order valence-corrected chi connectivity index (χ2v) is 8.39. The summed E-state index contributed by atoms with van der Waals surface area (Å²) >= 11 is 3.49. The molecule has 1 fully saturated rings. The topological polar surface area (TPSA) is 63.8 Å².